The molecule has 1 aliphatic carbocycles. The van der Waals surface area contributed by atoms with Crippen LogP contribution in [0.25, 0.3) is 5.57 Å². The number of alkyl halides is 3. The maximum Gasteiger partial charge on any atom is 0.416 e. The third-order valence-corrected chi connectivity index (χ3v) is 6.04. The van der Waals surface area contributed by atoms with Gasteiger partial charge in [-0.05, 0) is 73.0 Å². The zero-order chi connectivity index (χ0) is 22.9. The lowest BCUT2D eigenvalue weighted by atomic mass is 9.64. The molecule has 1 aromatic heterocycles. The standard InChI is InChI=1S/C24H22F4N4/c1-15(21-11-18(7-9-31-21)24(26,27)28)23-12-16(13-29)22(10-17(23)6-8-30-14-23)32-20-4-2-19(25)3-5-20/h2-5,7,9-11,13,29-30,32H,1,6,8,12,14H2. The van der Waals surface area contributed by atoms with Gasteiger partial charge >= 0.3 is 6.18 Å². The lowest BCUT2D eigenvalue weighted by Crippen LogP contribution is -2.44. The molecular formula is C24H22F4N4. The average Bonchev–Trinajstić information content (AvgIpc) is 2.79. The summed E-state index contributed by atoms with van der Waals surface area (Å²) in [6.07, 6.45) is 0.915. The van der Waals surface area contributed by atoms with Crippen LogP contribution in [-0.4, -0.2) is 24.3 Å². The molecule has 2 aromatic rings. The first-order chi connectivity index (χ1) is 15.2. The quantitative estimate of drug-likeness (QED) is 0.419. The summed E-state index contributed by atoms with van der Waals surface area (Å²) in [5.74, 6) is -0.346. The van der Waals surface area contributed by atoms with Crippen molar-refractivity contribution in [3.8, 4) is 0 Å². The van der Waals surface area contributed by atoms with Crippen LogP contribution >= 0.6 is 0 Å². The van der Waals surface area contributed by atoms with Crippen LogP contribution < -0.4 is 10.6 Å². The molecule has 0 spiro atoms. The Labute approximate surface area is 183 Å². The number of hydrogen-bond acceptors (Lipinski definition) is 4. The van der Waals surface area contributed by atoms with Gasteiger partial charge in [0.2, 0.25) is 0 Å². The number of nitrogens with one attached hydrogen (secondary N) is 3. The van der Waals surface area contributed by atoms with Crippen LogP contribution in [0.5, 0.6) is 0 Å². The lowest BCUT2D eigenvalue weighted by molar-refractivity contribution is -0.137. The van der Waals surface area contributed by atoms with E-state index < -0.39 is 17.2 Å². The van der Waals surface area contributed by atoms with Crippen LogP contribution in [0.15, 0.2) is 72.1 Å². The fourth-order valence-corrected chi connectivity index (χ4v) is 4.31. The minimum atomic E-state index is -4.47. The number of hydrogen-bond donors (Lipinski definition) is 3. The Morgan fingerprint density at radius 1 is 1.22 bits per heavy atom. The number of piperidine rings is 1. The predicted octanol–water partition coefficient (Wildman–Crippen LogP) is 5.58. The predicted molar refractivity (Wildman–Crippen MR) is 117 cm³/mol. The van der Waals surface area contributed by atoms with E-state index in [9.17, 15) is 17.6 Å². The molecule has 1 atom stereocenters. The van der Waals surface area contributed by atoms with E-state index in [0.29, 0.717) is 41.9 Å². The van der Waals surface area contributed by atoms with Crippen LogP contribution in [0.2, 0.25) is 0 Å². The maximum absolute atomic E-state index is 13.3. The summed E-state index contributed by atoms with van der Waals surface area (Å²) in [6.45, 7) is 5.37. The summed E-state index contributed by atoms with van der Waals surface area (Å²) in [5.41, 5.74) is 2.30. The second-order valence-electron chi connectivity index (χ2n) is 7.98. The molecule has 166 valence electrons. The van der Waals surface area contributed by atoms with Crippen LogP contribution in [0, 0.1) is 16.6 Å². The van der Waals surface area contributed by atoms with E-state index in [1.807, 2.05) is 6.08 Å². The topological polar surface area (TPSA) is 60.8 Å². The molecular weight excluding hydrogens is 420 g/mol. The molecule has 2 heterocycles. The van der Waals surface area contributed by atoms with Gasteiger partial charge in [-0.1, -0.05) is 12.2 Å². The van der Waals surface area contributed by atoms with Gasteiger partial charge in [0.1, 0.15) is 5.82 Å². The van der Waals surface area contributed by atoms with Gasteiger partial charge in [0.15, 0.2) is 0 Å². The van der Waals surface area contributed by atoms with Crippen LogP contribution in [0.4, 0.5) is 23.2 Å². The third-order valence-electron chi connectivity index (χ3n) is 6.04. The molecule has 3 N–H and O–H groups in total. The molecule has 1 fully saturated rings. The number of nitrogens with zero attached hydrogens (tertiary/aromatic N) is 1. The molecule has 4 rings (SSSR count). The van der Waals surface area contributed by atoms with Gasteiger partial charge in [-0.15, -0.1) is 0 Å². The number of anilines is 1. The van der Waals surface area contributed by atoms with Crippen molar-refractivity contribution >= 4 is 17.5 Å². The van der Waals surface area contributed by atoms with E-state index >= 15 is 0 Å². The highest BCUT2D eigenvalue weighted by Gasteiger charge is 2.43. The number of pyridine rings is 1. The summed E-state index contributed by atoms with van der Waals surface area (Å²) in [6, 6.07) is 7.89. The normalized spacial score (nSPS) is 20.9. The molecule has 1 aromatic carbocycles. The van der Waals surface area contributed by atoms with E-state index in [-0.39, 0.29) is 11.5 Å². The monoisotopic (exact) mass is 442 g/mol. The second kappa shape index (κ2) is 8.35. The van der Waals surface area contributed by atoms with Gasteiger partial charge in [-0.3, -0.25) is 4.98 Å². The summed E-state index contributed by atoms with van der Waals surface area (Å²) in [5, 5.41) is 14.5. The summed E-state index contributed by atoms with van der Waals surface area (Å²) in [4.78, 5) is 4.18. The Bertz CT molecular complexity index is 1120. The third kappa shape index (κ3) is 4.10. The van der Waals surface area contributed by atoms with Crippen molar-refractivity contribution in [1.82, 2.24) is 10.3 Å². The van der Waals surface area contributed by atoms with E-state index in [0.717, 1.165) is 30.4 Å². The fourth-order valence-electron chi connectivity index (χ4n) is 4.31. The summed E-state index contributed by atoms with van der Waals surface area (Å²) < 4.78 is 53.0. The Morgan fingerprint density at radius 3 is 2.66 bits per heavy atom. The minimum Gasteiger partial charge on any atom is -0.355 e. The number of benzene rings is 1. The zero-order valence-electron chi connectivity index (χ0n) is 17.2. The number of allylic oxidation sites excluding steroid dienone is 2. The Hall–Kier alpha value is -3.26. The second-order valence-corrected chi connectivity index (χ2v) is 7.98. The van der Waals surface area contributed by atoms with E-state index in [2.05, 4.69) is 22.2 Å². The van der Waals surface area contributed by atoms with Crippen molar-refractivity contribution in [1.29, 1.82) is 5.41 Å². The molecule has 8 heteroatoms. The molecule has 0 saturated carbocycles. The van der Waals surface area contributed by atoms with Gasteiger partial charge in [0.05, 0.1) is 11.3 Å². The molecule has 0 bridgehead atoms. The highest BCUT2D eigenvalue weighted by atomic mass is 19.4. The number of rotatable bonds is 5. The molecule has 1 aliphatic heterocycles. The van der Waals surface area contributed by atoms with Gasteiger partial charge in [0, 0.05) is 35.8 Å². The summed E-state index contributed by atoms with van der Waals surface area (Å²) >= 11 is 0. The molecule has 0 radical (unpaired) electrons. The zero-order valence-corrected chi connectivity index (χ0v) is 17.2. The fraction of sp³-hybridized carbons (Fsp3) is 0.250. The minimum absolute atomic E-state index is 0.189. The van der Waals surface area contributed by atoms with E-state index in [1.54, 1.807) is 12.1 Å². The number of aromatic nitrogens is 1. The first-order valence-electron chi connectivity index (χ1n) is 10.1. The first kappa shape index (κ1) is 22.0. The Morgan fingerprint density at radius 2 is 1.97 bits per heavy atom. The summed E-state index contributed by atoms with van der Waals surface area (Å²) in [7, 11) is 0. The van der Waals surface area contributed by atoms with E-state index in [4.69, 9.17) is 5.41 Å². The molecule has 32 heavy (non-hydrogen) atoms. The highest BCUT2D eigenvalue weighted by molar-refractivity contribution is 5.84. The van der Waals surface area contributed by atoms with Crippen molar-refractivity contribution in [2.45, 2.75) is 19.0 Å². The van der Waals surface area contributed by atoms with Gasteiger partial charge in [-0.2, -0.15) is 13.2 Å². The lowest BCUT2D eigenvalue weighted by Gasteiger charge is -2.44. The van der Waals surface area contributed by atoms with Crippen LogP contribution in [0.3, 0.4) is 0 Å². The maximum atomic E-state index is 13.3. The molecule has 1 unspecified atom stereocenters. The SMILES string of the molecule is C=C(c1cc(C(F)(F)F)ccn1)C12CNCCC1=CC(Nc1ccc(F)cc1)=C(C=N)C2. The van der Waals surface area contributed by atoms with Crippen molar-refractivity contribution in [3.63, 3.8) is 0 Å². The van der Waals surface area contributed by atoms with Gasteiger partial charge in [-0.25, -0.2) is 4.39 Å². The van der Waals surface area contributed by atoms with Gasteiger partial charge < -0.3 is 16.0 Å². The molecule has 4 nitrogen and oxygen atoms in total. The van der Waals surface area contributed by atoms with Gasteiger partial charge in [0.25, 0.3) is 0 Å². The van der Waals surface area contributed by atoms with Crippen LogP contribution in [-0.2, 0) is 6.18 Å². The Balaban J connectivity index is 1.72. The smallest absolute Gasteiger partial charge is 0.355 e. The van der Waals surface area contributed by atoms with Crippen molar-refractivity contribution < 1.29 is 17.6 Å². The van der Waals surface area contributed by atoms with Crippen molar-refractivity contribution in [3.05, 3.63) is 89.2 Å². The van der Waals surface area contributed by atoms with E-state index in [1.165, 1.54) is 18.3 Å². The molecule has 1 saturated heterocycles. The van der Waals surface area contributed by atoms with Crippen LogP contribution in [0.1, 0.15) is 24.1 Å². The molecule has 2 aliphatic rings. The Kier molecular flexibility index (Phi) is 5.73. The van der Waals surface area contributed by atoms with Crippen molar-refractivity contribution in [2.24, 2.45) is 5.41 Å². The number of fused-ring (bicyclic) bond motifs is 1. The number of halogens is 4. The first-order valence-corrected chi connectivity index (χ1v) is 10.1. The average molecular weight is 442 g/mol. The highest BCUT2D eigenvalue weighted by Crippen LogP contribution is 2.50. The van der Waals surface area contributed by atoms with Crippen molar-refractivity contribution in [2.75, 3.05) is 18.4 Å². The largest absolute Gasteiger partial charge is 0.416 e. The molecule has 0 amide bonds.